The van der Waals surface area contributed by atoms with E-state index in [1.54, 1.807) is 0 Å². The summed E-state index contributed by atoms with van der Waals surface area (Å²) in [4.78, 5) is 23.4. The lowest BCUT2D eigenvalue weighted by Gasteiger charge is -2.16. The normalized spacial score (nSPS) is 10.9. The third-order valence-electron chi connectivity index (χ3n) is 4.32. The van der Waals surface area contributed by atoms with E-state index in [0.29, 0.717) is 6.61 Å². The minimum Gasteiger partial charge on any atom is -0.465 e. The van der Waals surface area contributed by atoms with E-state index < -0.39 is 11.9 Å². The van der Waals surface area contributed by atoms with Crippen molar-refractivity contribution < 1.29 is 19.1 Å². The van der Waals surface area contributed by atoms with E-state index in [2.05, 4.69) is 20.8 Å². The number of hydrogen-bond acceptors (Lipinski definition) is 4. The van der Waals surface area contributed by atoms with Gasteiger partial charge in [-0.3, -0.25) is 9.59 Å². The maximum absolute atomic E-state index is 11.8. The first-order chi connectivity index (χ1) is 12.1. The Labute approximate surface area is 155 Å². The van der Waals surface area contributed by atoms with Crippen LogP contribution in [0.15, 0.2) is 0 Å². The first kappa shape index (κ1) is 23.9. The monoisotopic (exact) mass is 356 g/mol. The van der Waals surface area contributed by atoms with Crippen LogP contribution in [0.1, 0.15) is 111 Å². The molecular weight excluding hydrogens is 316 g/mol. The van der Waals surface area contributed by atoms with Crippen LogP contribution < -0.4 is 0 Å². The topological polar surface area (TPSA) is 52.6 Å². The summed E-state index contributed by atoms with van der Waals surface area (Å²) < 4.78 is 10.5. The van der Waals surface area contributed by atoms with E-state index in [1.165, 1.54) is 44.9 Å². The average molecular weight is 357 g/mol. The molecule has 0 spiro atoms. The molecule has 0 aliphatic rings. The van der Waals surface area contributed by atoms with Crippen molar-refractivity contribution in [3.8, 4) is 0 Å². The Bertz CT molecular complexity index is 322. The Kier molecular flexibility index (Phi) is 17.0. The van der Waals surface area contributed by atoms with E-state index >= 15 is 0 Å². The molecule has 4 heteroatoms. The lowest BCUT2D eigenvalue weighted by Crippen LogP contribution is -2.21. The standard InChI is InChI=1S/C21H40O4/c1-4-7-8-9-10-11-12-13-14-17-24-20(22)18-21(23)25-19(15-5-2)16-6-3/h19H,4-18H2,1-3H3. The molecule has 0 radical (unpaired) electrons. The molecule has 0 atom stereocenters. The molecule has 0 saturated heterocycles. The van der Waals surface area contributed by atoms with Crippen LogP contribution in [0.4, 0.5) is 0 Å². The lowest BCUT2D eigenvalue weighted by atomic mass is 10.1. The van der Waals surface area contributed by atoms with Crippen molar-refractivity contribution in [2.75, 3.05) is 6.61 Å². The number of esters is 2. The molecule has 25 heavy (non-hydrogen) atoms. The van der Waals surface area contributed by atoms with Gasteiger partial charge in [0.1, 0.15) is 12.5 Å². The predicted octanol–water partition coefficient (Wildman–Crippen LogP) is 5.96. The van der Waals surface area contributed by atoms with E-state index in [1.807, 2.05) is 0 Å². The van der Waals surface area contributed by atoms with Gasteiger partial charge in [-0.25, -0.2) is 0 Å². The van der Waals surface area contributed by atoms with Crippen LogP contribution in [-0.2, 0) is 19.1 Å². The number of ether oxygens (including phenoxy) is 2. The van der Waals surface area contributed by atoms with Crippen molar-refractivity contribution in [3.63, 3.8) is 0 Å². The van der Waals surface area contributed by atoms with Gasteiger partial charge >= 0.3 is 11.9 Å². The summed E-state index contributed by atoms with van der Waals surface area (Å²) in [6, 6.07) is 0. The number of hydrogen-bond donors (Lipinski definition) is 0. The number of carbonyl (C=O) groups excluding carboxylic acids is 2. The van der Waals surface area contributed by atoms with Crippen LogP contribution in [0, 0.1) is 0 Å². The Morgan fingerprint density at radius 2 is 1.20 bits per heavy atom. The first-order valence-corrected chi connectivity index (χ1v) is 10.5. The van der Waals surface area contributed by atoms with Gasteiger partial charge in [0.25, 0.3) is 0 Å². The molecule has 0 aliphatic carbocycles. The first-order valence-electron chi connectivity index (χ1n) is 10.5. The SMILES string of the molecule is CCCCCCCCCCCOC(=O)CC(=O)OC(CCC)CCC. The zero-order chi connectivity index (χ0) is 18.8. The largest absolute Gasteiger partial charge is 0.465 e. The Balaban J connectivity index is 3.58. The van der Waals surface area contributed by atoms with Crippen molar-refractivity contribution in [2.24, 2.45) is 0 Å². The highest BCUT2D eigenvalue weighted by atomic mass is 16.6. The zero-order valence-corrected chi connectivity index (χ0v) is 16.8. The van der Waals surface area contributed by atoms with Crippen LogP contribution in [-0.4, -0.2) is 24.6 Å². The minimum absolute atomic E-state index is 0.0624. The predicted molar refractivity (Wildman–Crippen MR) is 102 cm³/mol. The van der Waals surface area contributed by atoms with Gasteiger partial charge in [0, 0.05) is 0 Å². The summed E-state index contributed by atoms with van der Waals surface area (Å²) in [5.74, 6) is -0.916. The van der Waals surface area contributed by atoms with Crippen LogP contribution >= 0.6 is 0 Å². The number of rotatable bonds is 17. The lowest BCUT2D eigenvalue weighted by molar-refractivity contribution is -0.158. The molecule has 0 aromatic heterocycles. The van der Waals surface area contributed by atoms with Gasteiger partial charge in [0.05, 0.1) is 6.61 Å². The number of unbranched alkanes of at least 4 members (excludes halogenated alkanes) is 8. The second-order valence-electron chi connectivity index (χ2n) is 6.91. The second-order valence-corrected chi connectivity index (χ2v) is 6.91. The van der Waals surface area contributed by atoms with E-state index in [4.69, 9.17) is 9.47 Å². The maximum Gasteiger partial charge on any atom is 0.317 e. The average Bonchev–Trinajstić information content (AvgIpc) is 2.57. The van der Waals surface area contributed by atoms with E-state index in [-0.39, 0.29) is 12.5 Å². The molecule has 0 unspecified atom stereocenters. The van der Waals surface area contributed by atoms with Gasteiger partial charge in [0.15, 0.2) is 0 Å². The van der Waals surface area contributed by atoms with E-state index in [9.17, 15) is 9.59 Å². The molecule has 148 valence electrons. The summed E-state index contributed by atoms with van der Waals surface area (Å²) >= 11 is 0. The highest BCUT2D eigenvalue weighted by Crippen LogP contribution is 2.11. The third-order valence-corrected chi connectivity index (χ3v) is 4.32. The van der Waals surface area contributed by atoms with Gasteiger partial charge in [-0.1, -0.05) is 85.0 Å². The smallest absolute Gasteiger partial charge is 0.317 e. The zero-order valence-electron chi connectivity index (χ0n) is 16.8. The van der Waals surface area contributed by atoms with Crippen LogP contribution in [0.25, 0.3) is 0 Å². The van der Waals surface area contributed by atoms with Gasteiger partial charge < -0.3 is 9.47 Å². The molecule has 0 rings (SSSR count). The van der Waals surface area contributed by atoms with E-state index in [0.717, 1.165) is 38.5 Å². The van der Waals surface area contributed by atoms with Gasteiger partial charge in [-0.05, 0) is 19.3 Å². The van der Waals surface area contributed by atoms with Crippen molar-refractivity contribution >= 4 is 11.9 Å². The summed E-state index contributed by atoms with van der Waals surface area (Å²) in [6.45, 7) is 6.77. The fourth-order valence-corrected chi connectivity index (χ4v) is 2.90. The molecule has 0 amide bonds. The van der Waals surface area contributed by atoms with Gasteiger partial charge in [0.2, 0.25) is 0 Å². The molecule has 4 nitrogen and oxygen atoms in total. The maximum atomic E-state index is 11.8. The summed E-state index contributed by atoms with van der Waals surface area (Å²) in [5, 5.41) is 0. The van der Waals surface area contributed by atoms with Crippen LogP contribution in [0.5, 0.6) is 0 Å². The molecular formula is C21H40O4. The summed E-state index contributed by atoms with van der Waals surface area (Å²) in [7, 11) is 0. The number of carbonyl (C=O) groups is 2. The van der Waals surface area contributed by atoms with Crippen LogP contribution in [0.2, 0.25) is 0 Å². The molecule has 0 heterocycles. The Morgan fingerprint density at radius 1 is 0.680 bits per heavy atom. The molecule has 0 aromatic carbocycles. The quantitative estimate of drug-likeness (QED) is 0.183. The fraction of sp³-hybridized carbons (Fsp3) is 0.905. The van der Waals surface area contributed by atoms with Gasteiger partial charge in [-0.2, -0.15) is 0 Å². The molecule has 0 fully saturated rings. The molecule has 0 N–H and O–H groups in total. The minimum atomic E-state index is -0.462. The molecule has 0 bridgehead atoms. The van der Waals surface area contributed by atoms with Crippen LogP contribution in [0.3, 0.4) is 0 Å². The summed E-state index contributed by atoms with van der Waals surface area (Å²) in [6.07, 6.45) is 14.4. The highest BCUT2D eigenvalue weighted by molar-refractivity contribution is 5.91. The fourth-order valence-electron chi connectivity index (χ4n) is 2.90. The summed E-state index contributed by atoms with van der Waals surface area (Å²) in [5.41, 5.74) is 0. The molecule has 0 saturated carbocycles. The van der Waals surface area contributed by atoms with Crippen molar-refractivity contribution in [3.05, 3.63) is 0 Å². The highest BCUT2D eigenvalue weighted by Gasteiger charge is 2.17. The van der Waals surface area contributed by atoms with Crippen molar-refractivity contribution in [1.82, 2.24) is 0 Å². The third kappa shape index (κ3) is 16.2. The molecule has 0 aliphatic heterocycles. The Morgan fingerprint density at radius 3 is 1.72 bits per heavy atom. The Hall–Kier alpha value is -1.06. The van der Waals surface area contributed by atoms with Crippen molar-refractivity contribution in [1.29, 1.82) is 0 Å². The van der Waals surface area contributed by atoms with Gasteiger partial charge in [-0.15, -0.1) is 0 Å². The van der Waals surface area contributed by atoms with Crippen molar-refractivity contribution in [2.45, 2.75) is 117 Å². The molecule has 0 aromatic rings. The second kappa shape index (κ2) is 17.8.